The van der Waals surface area contributed by atoms with Gasteiger partial charge >= 0.3 is 0 Å². The van der Waals surface area contributed by atoms with E-state index in [1.807, 2.05) is 24.4 Å². The minimum Gasteiger partial charge on any atom is -0.334 e. The van der Waals surface area contributed by atoms with E-state index in [0.29, 0.717) is 24.2 Å². The van der Waals surface area contributed by atoms with Crippen LogP contribution >= 0.6 is 11.3 Å². The lowest BCUT2D eigenvalue weighted by Gasteiger charge is -2.21. The van der Waals surface area contributed by atoms with Crippen LogP contribution in [0.15, 0.2) is 35.7 Å². The van der Waals surface area contributed by atoms with Crippen molar-refractivity contribution in [2.45, 2.75) is 20.4 Å². The van der Waals surface area contributed by atoms with Gasteiger partial charge in [0.05, 0.1) is 11.5 Å². The summed E-state index contributed by atoms with van der Waals surface area (Å²) in [6.07, 6.45) is 0. The van der Waals surface area contributed by atoms with Crippen LogP contribution in [0.25, 0.3) is 0 Å². The zero-order valence-corrected chi connectivity index (χ0v) is 12.7. The van der Waals surface area contributed by atoms with Gasteiger partial charge < -0.3 is 4.90 Å². The van der Waals surface area contributed by atoms with E-state index < -0.39 is 4.92 Å². The van der Waals surface area contributed by atoms with Crippen molar-refractivity contribution in [3.8, 4) is 0 Å². The largest absolute Gasteiger partial charge is 0.334 e. The standard InChI is InChI=1S/C15H16N2O3S/c1-3-16(10-12-6-5-9-21-12)15(18)13-7-4-8-14(11(13)2)17(19)20/h4-9H,3,10H2,1-2H3. The quantitative estimate of drug-likeness (QED) is 0.626. The summed E-state index contributed by atoms with van der Waals surface area (Å²) in [5, 5.41) is 12.9. The minimum absolute atomic E-state index is 0.0203. The SMILES string of the molecule is CCN(Cc1cccs1)C(=O)c1cccc([N+](=O)[O-])c1C. The predicted molar refractivity (Wildman–Crippen MR) is 82.6 cm³/mol. The van der Waals surface area contributed by atoms with Crippen molar-refractivity contribution in [2.75, 3.05) is 6.54 Å². The molecule has 0 N–H and O–H groups in total. The number of hydrogen-bond donors (Lipinski definition) is 0. The fraction of sp³-hybridized carbons (Fsp3) is 0.267. The van der Waals surface area contributed by atoms with E-state index in [2.05, 4.69) is 0 Å². The highest BCUT2D eigenvalue weighted by Crippen LogP contribution is 2.23. The third-order valence-corrected chi connectivity index (χ3v) is 4.19. The number of nitrogens with zero attached hydrogens (tertiary/aromatic N) is 2. The molecule has 0 saturated heterocycles. The number of hydrogen-bond acceptors (Lipinski definition) is 4. The van der Waals surface area contributed by atoms with E-state index in [1.165, 1.54) is 6.07 Å². The average molecular weight is 304 g/mol. The third kappa shape index (κ3) is 3.28. The second kappa shape index (κ2) is 6.49. The molecule has 0 aliphatic heterocycles. The smallest absolute Gasteiger partial charge is 0.273 e. The van der Waals surface area contributed by atoms with Gasteiger partial charge in [-0.2, -0.15) is 0 Å². The van der Waals surface area contributed by atoms with Crippen molar-refractivity contribution in [1.29, 1.82) is 0 Å². The van der Waals surface area contributed by atoms with Gasteiger partial charge in [-0.3, -0.25) is 14.9 Å². The summed E-state index contributed by atoms with van der Waals surface area (Å²) in [5.41, 5.74) is 0.785. The van der Waals surface area contributed by atoms with Crippen molar-refractivity contribution in [1.82, 2.24) is 4.90 Å². The third-order valence-electron chi connectivity index (χ3n) is 3.33. The summed E-state index contributed by atoms with van der Waals surface area (Å²) in [6, 6.07) is 8.53. The molecule has 0 unspecified atom stereocenters. The molecular weight excluding hydrogens is 288 g/mol. The van der Waals surface area contributed by atoms with E-state index in [4.69, 9.17) is 0 Å². The van der Waals surface area contributed by atoms with Crippen molar-refractivity contribution >= 4 is 22.9 Å². The molecular formula is C15H16N2O3S. The number of nitro groups is 1. The van der Waals surface area contributed by atoms with Gasteiger partial charge in [0.2, 0.25) is 0 Å². The predicted octanol–water partition coefficient (Wildman–Crippen LogP) is 3.63. The first-order valence-electron chi connectivity index (χ1n) is 6.60. The molecule has 2 rings (SSSR count). The van der Waals surface area contributed by atoms with Crippen LogP contribution in [0.4, 0.5) is 5.69 Å². The monoisotopic (exact) mass is 304 g/mol. The molecule has 0 radical (unpaired) electrons. The van der Waals surface area contributed by atoms with Gasteiger partial charge in [0.25, 0.3) is 11.6 Å². The second-order valence-corrected chi connectivity index (χ2v) is 5.64. The highest BCUT2D eigenvalue weighted by atomic mass is 32.1. The number of carbonyl (C=O) groups excluding carboxylic acids is 1. The number of benzene rings is 1. The number of thiophene rings is 1. The Balaban J connectivity index is 2.29. The van der Waals surface area contributed by atoms with E-state index in [-0.39, 0.29) is 11.6 Å². The van der Waals surface area contributed by atoms with Crippen molar-refractivity contribution in [3.63, 3.8) is 0 Å². The number of amides is 1. The van der Waals surface area contributed by atoms with Crippen LogP contribution in [0, 0.1) is 17.0 Å². The van der Waals surface area contributed by atoms with Crippen molar-refractivity contribution < 1.29 is 9.72 Å². The zero-order valence-electron chi connectivity index (χ0n) is 11.9. The molecule has 0 aliphatic rings. The normalized spacial score (nSPS) is 10.4. The first-order valence-corrected chi connectivity index (χ1v) is 7.48. The number of carbonyl (C=O) groups is 1. The maximum absolute atomic E-state index is 12.6. The van der Waals surface area contributed by atoms with Gasteiger partial charge in [0.1, 0.15) is 0 Å². The summed E-state index contributed by atoms with van der Waals surface area (Å²) in [7, 11) is 0. The highest BCUT2D eigenvalue weighted by Gasteiger charge is 2.21. The molecule has 6 heteroatoms. The number of rotatable bonds is 5. The molecule has 21 heavy (non-hydrogen) atoms. The minimum atomic E-state index is -0.457. The highest BCUT2D eigenvalue weighted by molar-refractivity contribution is 7.09. The molecule has 0 aliphatic carbocycles. The molecule has 5 nitrogen and oxygen atoms in total. The summed E-state index contributed by atoms with van der Waals surface area (Å²) >= 11 is 1.59. The first-order chi connectivity index (χ1) is 10.0. The van der Waals surface area contributed by atoms with Gasteiger partial charge in [0.15, 0.2) is 0 Å². The van der Waals surface area contributed by atoms with E-state index in [9.17, 15) is 14.9 Å². The van der Waals surface area contributed by atoms with Gasteiger partial charge in [-0.15, -0.1) is 11.3 Å². The maximum atomic E-state index is 12.6. The fourth-order valence-corrected chi connectivity index (χ4v) is 2.86. The molecule has 1 aromatic heterocycles. The Morgan fingerprint density at radius 2 is 2.10 bits per heavy atom. The average Bonchev–Trinajstić information content (AvgIpc) is 2.97. The molecule has 110 valence electrons. The van der Waals surface area contributed by atoms with Crippen molar-refractivity contribution in [3.05, 3.63) is 61.8 Å². The molecule has 0 fully saturated rings. The van der Waals surface area contributed by atoms with Crippen LogP contribution in [-0.2, 0) is 6.54 Å². The van der Waals surface area contributed by atoms with Crippen LogP contribution in [-0.4, -0.2) is 22.3 Å². The maximum Gasteiger partial charge on any atom is 0.273 e. The Kier molecular flexibility index (Phi) is 4.70. The summed E-state index contributed by atoms with van der Waals surface area (Å²) in [5.74, 6) is -0.174. The summed E-state index contributed by atoms with van der Waals surface area (Å²) in [4.78, 5) is 25.9. The lowest BCUT2D eigenvalue weighted by atomic mass is 10.1. The lowest BCUT2D eigenvalue weighted by Crippen LogP contribution is -2.30. The van der Waals surface area contributed by atoms with E-state index >= 15 is 0 Å². The van der Waals surface area contributed by atoms with Gasteiger partial charge in [0, 0.05) is 28.6 Å². The van der Waals surface area contributed by atoms with E-state index in [1.54, 1.807) is 35.3 Å². The topological polar surface area (TPSA) is 63.5 Å². The zero-order chi connectivity index (χ0) is 15.4. The van der Waals surface area contributed by atoms with E-state index in [0.717, 1.165) is 4.88 Å². The summed E-state index contributed by atoms with van der Waals surface area (Å²) in [6.45, 7) is 4.59. The van der Waals surface area contributed by atoms with Crippen LogP contribution in [0.5, 0.6) is 0 Å². The Bertz CT molecular complexity index is 653. The van der Waals surface area contributed by atoms with Crippen LogP contribution in [0.1, 0.15) is 27.7 Å². The first kappa shape index (κ1) is 15.2. The number of nitro benzene ring substituents is 1. The molecule has 0 saturated carbocycles. The molecule has 0 spiro atoms. The molecule has 1 heterocycles. The Labute approximate surface area is 127 Å². The van der Waals surface area contributed by atoms with Crippen molar-refractivity contribution in [2.24, 2.45) is 0 Å². The van der Waals surface area contributed by atoms with Gasteiger partial charge in [-0.05, 0) is 31.4 Å². The van der Waals surface area contributed by atoms with Gasteiger partial charge in [-0.1, -0.05) is 12.1 Å². The fourth-order valence-electron chi connectivity index (χ4n) is 2.14. The van der Waals surface area contributed by atoms with Crippen LogP contribution in [0.2, 0.25) is 0 Å². The second-order valence-electron chi connectivity index (χ2n) is 4.61. The Hall–Kier alpha value is -2.21. The van der Waals surface area contributed by atoms with Crippen LogP contribution in [0.3, 0.4) is 0 Å². The van der Waals surface area contributed by atoms with Gasteiger partial charge in [-0.25, -0.2) is 0 Å². The lowest BCUT2D eigenvalue weighted by molar-refractivity contribution is -0.385. The molecule has 0 atom stereocenters. The van der Waals surface area contributed by atoms with Crippen LogP contribution < -0.4 is 0 Å². The molecule has 0 bridgehead atoms. The Morgan fingerprint density at radius 3 is 2.67 bits per heavy atom. The summed E-state index contributed by atoms with van der Waals surface area (Å²) < 4.78 is 0. The Morgan fingerprint density at radius 1 is 1.33 bits per heavy atom. The molecule has 1 aromatic carbocycles. The molecule has 1 amide bonds. The molecule has 2 aromatic rings.